The van der Waals surface area contributed by atoms with Crippen molar-refractivity contribution in [1.82, 2.24) is 9.97 Å². The van der Waals surface area contributed by atoms with Gasteiger partial charge in [-0.3, -0.25) is 4.79 Å². The van der Waals surface area contributed by atoms with Crippen LogP contribution in [0.4, 0.5) is 0 Å². The number of aromatic amines is 1. The van der Waals surface area contributed by atoms with Gasteiger partial charge in [-0.1, -0.05) is 0 Å². The highest BCUT2D eigenvalue weighted by Gasteiger charge is 2.16. The highest BCUT2D eigenvalue weighted by molar-refractivity contribution is 5.94. The second-order valence-electron chi connectivity index (χ2n) is 5.21. The monoisotopic (exact) mass is 324 g/mol. The van der Waals surface area contributed by atoms with Gasteiger partial charge in [0, 0.05) is 5.56 Å². The molecule has 0 radical (unpaired) electrons. The van der Waals surface area contributed by atoms with Gasteiger partial charge in [0.05, 0.1) is 23.6 Å². The fourth-order valence-electron chi connectivity index (χ4n) is 2.56. The maximum Gasteiger partial charge on any atom is 0.337 e. The minimum atomic E-state index is -0.483. The highest BCUT2D eigenvalue weighted by atomic mass is 16.7. The Morgan fingerprint density at radius 3 is 2.83 bits per heavy atom. The van der Waals surface area contributed by atoms with Crippen LogP contribution in [0.1, 0.15) is 10.4 Å². The molecule has 0 unspecified atom stereocenters. The lowest BCUT2D eigenvalue weighted by molar-refractivity contribution is 0.0601. The summed E-state index contributed by atoms with van der Waals surface area (Å²) in [6.07, 6.45) is 0. The number of esters is 1. The zero-order chi connectivity index (χ0) is 16.7. The van der Waals surface area contributed by atoms with Crippen LogP contribution in [0.3, 0.4) is 0 Å². The second kappa shape index (κ2) is 5.38. The number of carbonyl (C=O) groups excluding carboxylic acids is 1. The van der Waals surface area contributed by atoms with E-state index < -0.39 is 5.97 Å². The van der Waals surface area contributed by atoms with Crippen LogP contribution in [-0.2, 0) is 4.74 Å². The summed E-state index contributed by atoms with van der Waals surface area (Å²) in [5.41, 5.74) is 1.14. The van der Waals surface area contributed by atoms with Crippen LogP contribution >= 0.6 is 0 Å². The molecule has 0 spiro atoms. The summed E-state index contributed by atoms with van der Waals surface area (Å²) >= 11 is 0. The van der Waals surface area contributed by atoms with Gasteiger partial charge in [-0.2, -0.15) is 0 Å². The third kappa shape index (κ3) is 2.26. The Hall–Kier alpha value is -3.35. The van der Waals surface area contributed by atoms with Gasteiger partial charge in [-0.15, -0.1) is 0 Å². The van der Waals surface area contributed by atoms with E-state index in [9.17, 15) is 9.59 Å². The molecule has 0 saturated heterocycles. The van der Waals surface area contributed by atoms with E-state index in [1.165, 1.54) is 19.2 Å². The minimum absolute atomic E-state index is 0.170. The zero-order valence-electron chi connectivity index (χ0n) is 12.7. The number of H-pyrrole nitrogens is 1. The number of nitrogens with zero attached hydrogens (tertiary/aromatic N) is 1. The van der Waals surface area contributed by atoms with Crippen LogP contribution in [0.15, 0.2) is 41.2 Å². The van der Waals surface area contributed by atoms with Gasteiger partial charge in [-0.25, -0.2) is 9.78 Å². The van der Waals surface area contributed by atoms with Crippen molar-refractivity contribution in [2.45, 2.75) is 0 Å². The first-order valence-corrected chi connectivity index (χ1v) is 7.18. The molecule has 0 aliphatic carbocycles. The summed E-state index contributed by atoms with van der Waals surface area (Å²) in [7, 11) is 1.30. The van der Waals surface area contributed by atoms with Crippen molar-refractivity contribution < 1.29 is 19.0 Å². The van der Waals surface area contributed by atoms with Crippen molar-refractivity contribution in [3.8, 4) is 22.9 Å². The Balaban J connectivity index is 1.87. The number of hydrogen-bond acceptors (Lipinski definition) is 6. The molecular weight excluding hydrogens is 312 g/mol. The molecule has 0 amide bonds. The van der Waals surface area contributed by atoms with E-state index >= 15 is 0 Å². The lowest BCUT2D eigenvalue weighted by Gasteiger charge is -2.06. The summed E-state index contributed by atoms with van der Waals surface area (Å²) in [5, 5.41) is 0.396. The van der Waals surface area contributed by atoms with E-state index in [-0.39, 0.29) is 12.4 Å². The van der Waals surface area contributed by atoms with Crippen LogP contribution in [0.5, 0.6) is 11.5 Å². The largest absolute Gasteiger partial charge is 0.465 e. The molecule has 1 aliphatic heterocycles. The number of ether oxygens (including phenoxy) is 3. The Kier molecular flexibility index (Phi) is 3.19. The molecule has 0 bridgehead atoms. The maximum atomic E-state index is 12.3. The third-order valence-corrected chi connectivity index (χ3v) is 3.77. The fraction of sp³-hybridized carbons (Fsp3) is 0.118. The van der Waals surface area contributed by atoms with Crippen LogP contribution in [0, 0.1) is 0 Å². The van der Waals surface area contributed by atoms with Gasteiger partial charge in [-0.05, 0) is 36.4 Å². The van der Waals surface area contributed by atoms with E-state index in [1.54, 1.807) is 24.3 Å². The van der Waals surface area contributed by atoms with Gasteiger partial charge in [0.25, 0.3) is 5.56 Å². The predicted octanol–water partition coefficient (Wildman–Crippen LogP) is 2.11. The predicted molar refractivity (Wildman–Crippen MR) is 85.3 cm³/mol. The quantitative estimate of drug-likeness (QED) is 0.726. The Morgan fingerprint density at radius 1 is 1.17 bits per heavy atom. The van der Waals surface area contributed by atoms with E-state index in [4.69, 9.17) is 14.2 Å². The summed E-state index contributed by atoms with van der Waals surface area (Å²) in [4.78, 5) is 31.1. The SMILES string of the molecule is COC(=O)c1ccc2c(=O)[nH]c(-c3ccc4c(c3)OCO4)nc2c1. The lowest BCUT2D eigenvalue weighted by Crippen LogP contribution is -2.10. The molecule has 2 aromatic carbocycles. The number of hydrogen-bond donors (Lipinski definition) is 1. The standard InChI is InChI=1S/C17H12N2O5/c1-22-17(21)10-2-4-11-12(6-10)18-15(19-16(11)20)9-3-5-13-14(7-9)24-8-23-13/h2-7H,8H2,1H3,(H,18,19,20). The van der Waals surface area contributed by atoms with Crippen LogP contribution < -0.4 is 15.0 Å². The Labute approximate surface area is 135 Å². The number of carbonyl (C=O) groups is 1. The maximum absolute atomic E-state index is 12.3. The molecule has 1 N–H and O–H groups in total. The molecule has 1 aromatic heterocycles. The molecule has 120 valence electrons. The lowest BCUT2D eigenvalue weighted by atomic mass is 10.1. The van der Waals surface area contributed by atoms with Crippen molar-refractivity contribution in [2.75, 3.05) is 13.9 Å². The van der Waals surface area contributed by atoms with E-state index in [1.807, 2.05) is 0 Å². The van der Waals surface area contributed by atoms with E-state index in [2.05, 4.69) is 9.97 Å². The van der Waals surface area contributed by atoms with Crippen molar-refractivity contribution in [1.29, 1.82) is 0 Å². The molecule has 7 heteroatoms. The fourth-order valence-corrected chi connectivity index (χ4v) is 2.56. The normalized spacial score (nSPS) is 12.4. The van der Waals surface area contributed by atoms with Crippen molar-refractivity contribution in [3.05, 3.63) is 52.3 Å². The number of nitrogens with one attached hydrogen (secondary N) is 1. The van der Waals surface area contributed by atoms with Gasteiger partial charge in [0.15, 0.2) is 11.5 Å². The van der Waals surface area contributed by atoms with E-state index in [0.29, 0.717) is 39.4 Å². The Morgan fingerprint density at radius 2 is 2.00 bits per heavy atom. The summed E-state index contributed by atoms with van der Waals surface area (Å²) in [6.45, 7) is 0.170. The number of benzene rings is 2. The first kappa shape index (κ1) is 14.3. The average Bonchev–Trinajstić information content (AvgIpc) is 3.08. The molecule has 0 fully saturated rings. The second-order valence-corrected chi connectivity index (χ2v) is 5.21. The van der Waals surface area contributed by atoms with E-state index in [0.717, 1.165) is 0 Å². The molecular formula is C17H12N2O5. The molecule has 4 rings (SSSR count). The first-order chi connectivity index (χ1) is 11.7. The van der Waals surface area contributed by atoms with Crippen LogP contribution in [0.2, 0.25) is 0 Å². The topological polar surface area (TPSA) is 90.5 Å². The molecule has 3 aromatic rings. The molecule has 1 aliphatic rings. The number of rotatable bonds is 2. The third-order valence-electron chi connectivity index (χ3n) is 3.77. The van der Waals surface area contributed by atoms with Gasteiger partial charge in [0.2, 0.25) is 6.79 Å². The smallest absolute Gasteiger partial charge is 0.337 e. The van der Waals surface area contributed by atoms with Crippen molar-refractivity contribution in [3.63, 3.8) is 0 Å². The summed E-state index contributed by atoms with van der Waals surface area (Å²) in [5.74, 6) is 1.14. The highest BCUT2D eigenvalue weighted by Crippen LogP contribution is 2.35. The molecule has 0 saturated carbocycles. The number of aromatic nitrogens is 2. The molecule has 0 atom stereocenters. The van der Waals surface area contributed by atoms with Crippen molar-refractivity contribution in [2.24, 2.45) is 0 Å². The Bertz CT molecular complexity index is 1030. The van der Waals surface area contributed by atoms with Gasteiger partial charge in [0.1, 0.15) is 5.82 Å². The summed E-state index contributed by atoms with van der Waals surface area (Å²) < 4.78 is 15.3. The number of fused-ring (bicyclic) bond motifs is 2. The summed E-state index contributed by atoms with van der Waals surface area (Å²) in [6, 6.07) is 9.90. The van der Waals surface area contributed by atoms with Crippen LogP contribution in [0.25, 0.3) is 22.3 Å². The van der Waals surface area contributed by atoms with Gasteiger partial charge >= 0.3 is 5.97 Å². The first-order valence-electron chi connectivity index (χ1n) is 7.18. The average molecular weight is 324 g/mol. The van der Waals surface area contributed by atoms with Crippen LogP contribution in [-0.4, -0.2) is 29.8 Å². The zero-order valence-corrected chi connectivity index (χ0v) is 12.7. The number of methoxy groups -OCH3 is 1. The molecule has 24 heavy (non-hydrogen) atoms. The van der Waals surface area contributed by atoms with Gasteiger partial charge < -0.3 is 19.2 Å². The minimum Gasteiger partial charge on any atom is -0.465 e. The molecule has 7 nitrogen and oxygen atoms in total. The molecule has 2 heterocycles. The van der Waals surface area contributed by atoms with Crippen molar-refractivity contribution >= 4 is 16.9 Å².